The molecule has 0 unspecified atom stereocenters. The van der Waals surface area contributed by atoms with Gasteiger partial charge in [-0.25, -0.2) is 4.99 Å². The van der Waals surface area contributed by atoms with Crippen molar-refractivity contribution in [3.63, 3.8) is 0 Å². The van der Waals surface area contributed by atoms with Gasteiger partial charge in [-0.05, 0) is 19.4 Å². The number of hydrogen-bond donors (Lipinski definition) is 3. The molecule has 0 saturated heterocycles. The molecule has 0 saturated carbocycles. The van der Waals surface area contributed by atoms with Gasteiger partial charge in [0.15, 0.2) is 0 Å². The van der Waals surface area contributed by atoms with Crippen LogP contribution in [0.25, 0.3) is 0 Å². The maximum atomic E-state index is 11.2. The first-order valence-electron chi connectivity index (χ1n) is 5.09. The van der Waals surface area contributed by atoms with Gasteiger partial charge in [-0.2, -0.15) is 0 Å². The van der Waals surface area contributed by atoms with Gasteiger partial charge >= 0.3 is 0 Å². The number of amides is 1. The molecule has 86 valence electrons. The van der Waals surface area contributed by atoms with Crippen LogP contribution in [0.1, 0.15) is 25.7 Å². The molecule has 15 heavy (non-hydrogen) atoms. The van der Waals surface area contributed by atoms with Crippen molar-refractivity contribution in [3.8, 4) is 0 Å². The minimum Gasteiger partial charge on any atom is -0.390 e. The maximum Gasteiger partial charge on any atom is 0.220 e. The van der Waals surface area contributed by atoms with E-state index in [-0.39, 0.29) is 5.91 Å². The molecular formula is C10H20N4O. The highest BCUT2D eigenvalue weighted by molar-refractivity contribution is 5.75. The third-order valence-corrected chi connectivity index (χ3v) is 1.85. The van der Waals surface area contributed by atoms with E-state index in [1.165, 1.54) is 6.34 Å². The van der Waals surface area contributed by atoms with Crippen LogP contribution < -0.4 is 16.8 Å². The monoisotopic (exact) mass is 212 g/mol. The fraction of sp³-hybridized carbons (Fsp3) is 0.600. The van der Waals surface area contributed by atoms with E-state index in [1.54, 1.807) is 0 Å². The fourth-order valence-electron chi connectivity index (χ4n) is 1.03. The van der Waals surface area contributed by atoms with Crippen molar-refractivity contribution < 1.29 is 4.79 Å². The third kappa shape index (κ3) is 8.96. The number of unbranched alkanes of at least 4 members (excludes halogenated alkanes) is 1. The Morgan fingerprint density at radius 3 is 2.73 bits per heavy atom. The van der Waals surface area contributed by atoms with Crippen LogP contribution in [0.3, 0.4) is 0 Å². The first-order chi connectivity index (χ1) is 7.20. The molecule has 0 aliphatic carbocycles. The number of aliphatic imine (C=N–C) groups is 1. The van der Waals surface area contributed by atoms with Crippen molar-refractivity contribution in [2.24, 2.45) is 16.5 Å². The molecule has 0 radical (unpaired) electrons. The van der Waals surface area contributed by atoms with Crippen LogP contribution in [0.5, 0.6) is 0 Å². The highest BCUT2D eigenvalue weighted by Crippen LogP contribution is 1.97. The number of nitrogens with zero attached hydrogens (tertiary/aromatic N) is 1. The lowest BCUT2D eigenvalue weighted by Gasteiger charge is -2.04. The summed E-state index contributed by atoms with van der Waals surface area (Å²) in [7, 11) is 0. The zero-order valence-corrected chi connectivity index (χ0v) is 9.04. The standard InChI is InChI=1S/C10H20N4O/c1-9(14-8-12)5-7-13-10(15)4-2-3-6-11/h8H,1-7,11H2,(H2,12,14)(H,13,15). The summed E-state index contributed by atoms with van der Waals surface area (Å²) >= 11 is 0. The van der Waals surface area contributed by atoms with Crippen LogP contribution in [-0.2, 0) is 4.79 Å². The molecule has 0 spiro atoms. The molecule has 0 aliphatic heterocycles. The van der Waals surface area contributed by atoms with Crippen molar-refractivity contribution >= 4 is 12.2 Å². The number of nitrogens with one attached hydrogen (secondary N) is 1. The van der Waals surface area contributed by atoms with Crippen LogP contribution >= 0.6 is 0 Å². The van der Waals surface area contributed by atoms with Crippen molar-refractivity contribution in [2.75, 3.05) is 13.1 Å². The number of hydrogen-bond acceptors (Lipinski definition) is 3. The Hall–Kier alpha value is -1.36. The fourth-order valence-corrected chi connectivity index (χ4v) is 1.03. The molecule has 0 bridgehead atoms. The van der Waals surface area contributed by atoms with Gasteiger partial charge in [0.25, 0.3) is 0 Å². The molecule has 0 aromatic heterocycles. The molecule has 0 fully saturated rings. The predicted octanol–water partition coefficient (Wildman–Crippen LogP) is 0.122. The van der Waals surface area contributed by atoms with Crippen molar-refractivity contribution in [2.45, 2.75) is 25.7 Å². The van der Waals surface area contributed by atoms with Gasteiger partial charge in [0.05, 0.1) is 6.34 Å². The summed E-state index contributed by atoms with van der Waals surface area (Å²) in [5.41, 5.74) is 11.1. The van der Waals surface area contributed by atoms with Gasteiger partial charge in [0, 0.05) is 25.1 Å². The SMILES string of the molecule is C=C(CCNC(=O)CCCCN)N=CN. The number of nitrogens with two attached hydrogens (primary N) is 2. The van der Waals surface area contributed by atoms with Gasteiger partial charge in [0.1, 0.15) is 0 Å². The van der Waals surface area contributed by atoms with E-state index in [2.05, 4.69) is 16.9 Å². The smallest absolute Gasteiger partial charge is 0.220 e. The lowest BCUT2D eigenvalue weighted by molar-refractivity contribution is -0.121. The highest BCUT2D eigenvalue weighted by Gasteiger charge is 1.99. The zero-order chi connectivity index (χ0) is 11.5. The summed E-state index contributed by atoms with van der Waals surface area (Å²) in [6, 6.07) is 0. The van der Waals surface area contributed by atoms with Crippen molar-refractivity contribution in [1.29, 1.82) is 0 Å². The summed E-state index contributed by atoms with van der Waals surface area (Å²) in [6.45, 7) is 4.86. The first-order valence-corrected chi connectivity index (χ1v) is 5.09. The molecule has 0 rings (SSSR count). The number of carbonyl (C=O) groups is 1. The average molecular weight is 212 g/mol. The largest absolute Gasteiger partial charge is 0.390 e. The van der Waals surface area contributed by atoms with Gasteiger partial charge in [-0.15, -0.1) is 0 Å². The van der Waals surface area contributed by atoms with Crippen LogP contribution in [0.2, 0.25) is 0 Å². The van der Waals surface area contributed by atoms with E-state index in [0.717, 1.165) is 12.8 Å². The zero-order valence-electron chi connectivity index (χ0n) is 9.04. The second-order valence-electron chi connectivity index (χ2n) is 3.19. The third-order valence-electron chi connectivity index (χ3n) is 1.85. The number of rotatable bonds is 8. The second-order valence-corrected chi connectivity index (χ2v) is 3.19. The van der Waals surface area contributed by atoms with Crippen LogP contribution in [0.15, 0.2) is 17.3 Å². The Morgan fingerprint density at radius 1 is 1.40 bits per heavy atom. The normalized spacial score (nSPS) is 10.5. The lowest BCUT2D eigenvalue weighted by Crippen LogP contribution is -2.24. The van der Waals surface area contributed by atoms with E-state index < -0.39 is 0 Å². The molecule has 5 heteroatoms. The Kier molecular flexibility index (Phi) is 8.37. The maximum absolute atomic E-state index is 11.2. The van der Waals surface area contributed by atoms with E-state index in [9.17, 15) is 4.79 Å². The molecule has 0 heterocycles. The lowest BCUT2D eigenvalue weighted by atomic mass is 10.2. The van der Waals surface area contributed by atoms with Gasteiger partial charge in [-0.3, -0.25) is 4.79 Å². The molecule has 0 atom stereocenters. The van der Waals surface area contributed by atoms with Crippen LogP contribution in [0, 0.1) is 0 Å². The second kappa shape index (κ2) is 9.21. The minimum absolute atomic E-state index is 0.0491. The molecule has 5 nitrogen and oxygen atoms in total. The Balaban J connectivity index is 3.42. The van der Waals surface area contributed by atoms with Crippen LogP contribution in [0.4, 0.5) is 0 Å². The van der Waals surface area contributed by atoms with Gasteiger partial charge < -0.3 is 16.8 Å². The minimum atomic E-state index is 0.0491. The van der Waals surface area contributed by atoms with Crippen molar-refractivity contribution in [1.82, 2.24) is 5.32 Å². The molecular weight excluding hydrogens is 192 g/mol. The molecule has 0 aromatic carbocycles. The van der Waals surface area contributed by atoms with Gasteiger partial charge in [0.2, 0.25) is 5.91 Å². The molecule has 5 N–H and O–H groups in total. The Labute approximate surface area is 90.6 Å². The Morgan fingerprint density at radius 2 is 2.13 bits per heavy atom. The summed E-state index contributed by atoms with van der Waals surface area (Å²) < 4.78 is 0. The Bertz CT molecular complexity index is 225. The van der Waals surface area contributed by atoms with E-state index in [1.807, 2.05) is 0 Å². The first kappa shape index (κ1) is 13.6. The van der Waals surface area contributed by atoms with Gasteiger partial charge in [-0.1, -0.05) is 6.58 Å². The summed E-state index contributed by atoms with van der Waals surface area (Å²) in [5.74, 6) is 0.0491. The molecule has 0 aromatic rings. The number of carbonyl (C=O) groups excluding carboxylic acids is 1. The molecule has 1 amide bonds. The topological polar surface area (TPSA) is 93.5 Å². The van der Waals surface area contributed by atoms with E-state index >= 15 is 0 Å². The quantitative estimate of drug-likeness (QED) is 0.303. The van der Waals surface area contributed by atoms with E-state index in [0.29, 0.717) is 31.6 Å². The average Bonchev–Trinajstić information content (AvgIpc) is 2.18. The molecule has 0 aliphatic rings. The predicted molar refractivity (Wildman–Crippen MR) is 62.4 cm³/mol. The summed E-state index contributed by atoms with van der Waals surface area (Å²) in [4.78, 5) is 15.0. The van der Waals surface area contributed by atoms with Crippen LogP contribution in [-0.4, -0.2) is 25.3 Å². The van der Waals surface area contributed by atoms with E-state index in [4.69, 9.17) is 11.5 Å². The highest BCUT2D eigenvalue weighted by atomic mass is 16.1. The summed E-state index contributed by atoms with van der Waals surface area (Å²) in [5, 5.41) is 2.78. The van der Waals surface area contributed by atoms with Crippen molar-refractivity contribution in [3.05, 3.63) is 12.3 Å². The summed E-state index contributed by atoms with van der Waals surface area (Å²) in [6.07, 6.45) is 4.08.